The van der Waals surface area contributed by atoms with E-state index < -0.39 is 18.1 Å². The molecular weight excluding hydrogens is 550 g/mol. The number of amides is 2. The molecule has 0 bridgehead atoms. The number of hydrogen-bond donors (Lipinski definition) is 5. The Morgan fingerprint density at radius 2 is 1.70 bits per heavy atom. The van der Waals surface area contributed by atoms with E-state index in [1.165, 1.54) is 0 Å². The van der Waals surface area contributed by atoms with Gasteiger partial charge in [0.25, 0.3) is 5.91 Å². The van der Waals surface area contributed by atoms with Crippen LogP contribution < -0.4 is 22.1 Å². The number of alkyl carbamates (subject to hydrolysis) is 1. The fourth-order valence-electron chi connectivity index (χ4n) is 4.65. The highest BCUT2D eigenvalue weighted by Crippen LogP contribution is 2.24. The van der Waals surface area contributed by atoms with Crippen molar-refractivity contribution in [1.29, 1.82) is 0 Å². The first kappa shape index (κ1) is 30.8. The molecule has 2 heterocycles. The van der Waals surface area contributed by atoms with Crippen molar-refractivity contribution < 1.29 is 23.9 Å². The number of aromatic amines is 1. The number of ether oxygens (including phenoxy) is 2. The number of benzene rings is 2. The van der Waals surface area contributed by atoms with Gasteiger partial charge >= 0.3 is 12.1 Å². The molecule has 0 aliphatic heterocycles. The number of hydrogen-bond acceptors (Lipinski definition) is 9. The average molecular weight is 588 g/mol. The molecule has 2 aromatic carbocycles. The Labute approximate surface area is 249 Å². The van der Waals surface area contributed by atoms with Crippen LogP contribution in [-0.2, 0) is 33.7 Å². The van der Waals surface area contributed by atoms with E-state index in [0.717, 1.165) is 41.3 Å². The molecule has 226 valence electrons. The van der Waals surface area contributed by atoms with E-state index in [2.05, 4.69) is 25.6 Å². The Balaban J connectivity index is 1.23. The van der Waals surface area contributed by atoms with Gasteiger partial charge in [-0.15, -0.1) is 0 Å². The molecule has 0 aliphatic rings. The molecule has 43 heavy (non-hydrogen) atoms. The van der Waals surface area contributed by atoms with Crippen LogP contribution >= 0.6 is 0 Å². The summed E-state index contributed by atoms with van der Waals surface area (Å²) in [5.41, 5.74) is 15.7. The summed E-state index contributed by atoms with van der Waals surface area (Å²) in [5.74, 6) is -0.420. The SMILES string of the molecule is CCOC(=O)[C@H](CCCNC(=O)OCc1ccccc1)NC(=O)c1ccc(CCCc2c[nH]c3nc(N)nc(N)c23)cc1. The minimum atomic E-state index is -0.850. The van der Waals surface area contributed by atoms with Crippen LogP contribution in [0.4, 0.5) is 16.6 Å². The molecule has 0 spiro atoms. The molecule has 2 amide bonds. The Morgan fingerprint density at radius 1 is 0.930 bits per heavy atom. The summed E-state index contributed by atoms with van der Waals surface area (Å²) in [6.45, 7) is 2.34. The topological polar surface area (TPSA) is 187 Å². The molecule has 0 fully saturated rings. The number of fused-ring (bicyclic) bond motifs is 1. The predicted molar refractivity (Wildman–Crippen MR) is 163 cm³/mol. The highest BCUT2D eigenvalue weighted by molar-refractivity contribution is 5.96. The highest BCUT2D eigenvalue weighted by atomic mass is 16.5. The van der Waals surface area contributed by atoms with Crippen molar-refractivity contribution >= 4 is 40.8 Å². The summed E-state index contributed by atoms with van der Waals surface area (Å²) in [6.07, 6.45) is 4.45. The summed E-state index contributed by atoms with van der Waals surface area (Å²) in [6, 6.07) is 15.8. The summed E-state index contributed by atoms with van der Waals surface area (Å²) >= 11 is 0. The fourth-order valence-corrected chi connectivity index (χ4v) is 4.65. The average Bonchev–Trinajstić information content (AvgIpc) is 3.41. The lowest BCUT2D eigenvalue weighted by Gasteiger charge is -2.17. The number of anilines is 2. The van der Waals surface area contributed by atoms with Crippen molar-refractivity contribution in [2.45, 2.75) is 51.7 Å². The number of nitrogens with zero attached hydrogens (tertiary/aromatic N) is 2. The number of H-pyrrole nitrogens is 1. The molecule has 0 aliphatic carbocycles. The maximum Gasteiger partial charge on any atom is 0.407 e. The van der Waals surface area contributed by atoms with Gasteiger partial charge in [-0.05, 0) is 67.9 Å². The van der Waals surface area contributed by atoms with Crippen LogP contribution in [0.3, 0.4) is 0 Å². The third-order valence-electron chi connectivity index (χ3n) is 6.81. The Kier molecular flexibility index (Phi) is 10.9. The third kappa shape index (κ3) is 8.93. The molecular formula is C31H37N7O5. The second kappa shape index (κ2) is 15.2. The number of aryl methyl sites for hydroxylation is 2. The number of nitrogens with one attached hydrogen (secondary N) is 3. The third-order valence-corrected chi connectivity index (χ3v) is 6.81. The van der Waals surface area contributed by atoms with Gasteiger partial charge in [0.15, 0.2) is 0 Å². The number of rotatable bonds is 14. The predicted octanol–water partition coefficient (Wildman–Crippen LogP) is 3.67. The first-order valence-corrected chi connectivity index (χ1v) is 14.2. The molecule has 0 saturated carbocycles. The molecule has 4 rings (SSSR count). The van der Waals surface area contributed by atoms with Crippen molar-refractivity contribution in [3.63, 3.8) is 0 Å². The molecule has 0 radical (unpaired) electrons. The van der Waals surface area contributed by atoms with Gasteiger partial charge in [0.2, 0.25) is 5.95 Å². The van der Waals surface area contributed by atoms with Gasteiger partial charge in [-0.2, -0.15) is 9.97 Å². The van der Waals surface area contributed by atoms with Crippen LogP contribution in [0.1, 0.15) is 53.2 Å². The van der Waals surface area contributed by atoms with Crippen LogP contribution in [0, 0.1) is 0 Å². The lowest BCUT2D eigenvalue weighted by molar-refractivity contribution is -0.145. The lowest BCUT2D eigenvalue weighted by atomic mass is 10.0. The number of carbonyl (C=O) groups excluding carboxylic acids is 3. The Bertz CT molecular complexity index is 1520. The fraction of sp³-hybridized carbons (Fsp3) is 0.323. The maximum atomic E-state index is 12.9. The Morgan fingerprint density at radius 3 is 2.44 bits per heavy atom. The van der Waals surface area contributed by atoms with E-state index in [-0.39, 0.29) is 38.0 Å². The quantitative estimate of drug-likeness (QED) is 0.108. The van der Waals surface area contributed by atoms with Crippen LogP contribution in [0.25, 0.3) is 11.0 Å². The zero-order chi connectivity index (χ0) is 30.6. The molecule has 0 saturated heterocycles. The van der Waals surface area contributed by atoms with E-state index in [9.17, 15) is 14.4 Å². The monoisotopic (exact) mass is 587 g/mol. The van der Waals surface area contributed by atoms with E-state index >= 15 is 0 Å². The summed E-state index contributed by atoms with van der Waals surface area (Å²) in [5, 5.41) is 6.22. The van der Waals surface area contributed by atoms with Gasteiger partial charge in [0, 0.05) is 18.3 Å². The van der Waals surface area contributed by atoms with Gasteiger partial charge in [-0.1, -0.05) is 42.5 Å². The minimum Gasteiger partial charge on any atom is -0.464 e. The molecule has 0 unspecified atom stereocenters. The van der Waals surface area contributed by atoms with Crippen LogP contribution in [0.2, 0.25) is 0 Å². The number of carbonyl (C=O) groups is 3. The number of esters is 1. The second-order valence-corrected chi connectivity index (χ2v) is 9.96. The van der Waals surface area contributed by atoms with Crippen molar-refractivity contribution in [3.8, 4) is 0 Å². The highest BCUT2D eigenvalue weighted by Gasteiger charge is 2.22. The smallest absolute Gasteiger partial charge is 0.407 e. The molecule has 7 N–H and O–H groups in total. The largest absolute Gasteiger partial charge is 0.464 e. The van der Waals surface area contributed by atoms with Crippen molar-refractivity contribution in [2.75, 3.05) is 24.6 Å². The van der Waals surface area contributed by atoms with Crippen LogP contribution in [0.5, 0.6) is 0 Å². The Hall–Kier alpha value is -5.13. The molecule has 2 aromatic heterocycles. The van der Waals surface area contributed by atoms with Crippen LogP contribution in [0.15, 0.2) is 60.8 Å². The van der Waals surface area contributed by atoms with Gasteiger partial charge in [0.05, 0.1) is 12.0 Å². The van der Waals surface area contributed by atoms with E-state index in [1.54, 1.807) is 19.1 Å². The van der Waals surface area contributed by atoms with Crippen molar-refractivity contribution in [3.05, 3.63) is 83.0 Å². The van der Waals surface area contributed by atoms with Gasteiger partial charge in [0.1, 0.15) is 24.1 Å². The molecule has 4 aromatic rings. The molecule has 12 nitrogen and oxygen atoms in total. The molecule has 1 atom stereocenters. The zero-order valence-corrected chi connectivity index (χ0v) is 24.1. The van der Waals surface area contributed by atoms with Gasteiger partial charge in [-0.3, -0.25) is 4.79 Å². The van der Waals surface area contributed by atoms with E-state index in [0.29, 0.717) is 23.4 Å². The number of aromatic nitrogens is 3. The van der Waals surface area contributed by atoms with Crippen LogP contribution in [-0.4, -0.2) is 52.1 Å². The minimum absolute atomic E-state index is 0.129. The standard InChI is InChI=1S/C31H37N7O5/c1-2-42-29(40)24(12-7-17-34-31(41)43-19-21-8-4-3-5-9-21)36-28(39)22-15-13-20(14-16-22)10-6-11-23-18-35-27-25(23)26(32)37-30(33)38-27/h3-5,8-9,13-16,18,24H,2,6-7,10-12,17,19H2,1H3,(H,34,41)(H,36,39)(H5,32,33,35,37,38)/t24-/m0/s1. The number of nitrogen functional groups attached to an aromatic ring is 2. The summed E-state index contributed by atoms with van der Waals surface area (Å²) < 4.78 is 10.3. The van der Waals surface area contributed by atoms with Crippen molar-refractivity contribution in [1.82, 2.24) is 25.6 Å². The summed E-state index contributed by atoms with van der Waals surface area (Å²) in [7, 11) is 0. The maximum absolute atomic E-state index is 12.9. The van der Waals surface area contributed by atoms with Gasteiger partial charge in [-0.25, -0.2) is 9.59 Å². The van der Waals surface area contributed by atoms with E-state index in [4.69, 9.17) is 20.9 Å². The first-order chi connectivity index (χ1) is 20.8. The zero-order valence-electron chi connectivity index (χ0n) is 24.1. The van der Waals surface area contributed by atoms with Gasteiger partial charge < -0.3 is 36.6 Å². The second-order valence-electron chi connectivity index (χ2n) is 9.96. The summed E-state index contributed by atoms with van der Waals surface area (Å²) in [4.78, 5) is 48.7. The number of nitrogens with two attached hydrogens (primary N) is 2. The first-order valence-electron chi connectivity index (χ1n) is 14.2. The lowest BCUT2D eigenvalue weighted by Crippen LogP contribution is -2.42. The van der Waals surface area contributed by atoms with Crippen molar-refractivity contribution in [2.24, 2.45) is 0 Å². The molecule has 12 heteroatoms. The van der Waals surface area contributed by atoms with E-state index in [1.807, 2.05) is 48.7 Å². The normalized spacial score (nSPS) is 11.6.